The highest BCUT2D eigenvalue weighted by molar-refractivity contribution is 6.39. The fourth-order valence-electron chi connectivity index (χ4n) is 2.45. The number of nitrogens with zero attached hydrogens (tertiary/aromatic N) is 3. The fourth-order valence-corrected chi connectivity index (χ4v) is 2.94. The van der Waals surface area contributed by atoms with Crippen LogP contribution < -0.4 is 10.6 Å². The van der Waals surface area contributed by atoms with Gasteiger partial charge in [-0.2, -0.15) is 4.98 Å². The van der Waals surface area contributed by atoms with E-state index >= 15 is 0 Å². The summed E-state index contributed by atoms with van der Waals surface area (Å²) in [6, 6.07) is 4.60. The Morgan fingerprint density at radius 1 is 1.24 bits per heavy atom. The van der Waals surface area contributed by atoms with Crippen molar-refractivity contribution in [2.24, 2.45) is 0 Å². The highest BCUT2D eigenvalue weighted by Gasteiger charge is 2.17. The first-order valence-electron chi connectivity index (χ1n) is 9.40. The first-order valence-corrected chi connectivity index (χ1v) is 10.2. The van der Waals surface area contributed by atoms with Gasteiger partial charge in [-0.3, -0.25) is 4.79 Å². The third-order valence-corrected chi connectivity index (χ3v) is 4.70. The maximum absolute atomic E-state index is 12.3. The lowest BCUT2D eigenvalue weighted by Gasteiger charge is -2.21. The summed E-state index contributed by atoms with van der Waals surface area (Å²) in [5.41, 5.74) is 0.331. The van der Waals surface area contributed by atoms with Gasteiger partial charge >= 0.3 is 6.03 Å². The van der Waals surface area contributed by atoms with Crippen LogP contribution in [-0.4, -0.2) is 46.6 Å². The monoisotopic (exact) mass is 441 g/mol. The largest absolute Gasteiger partial charge is 0.339 e. The maximum Gasteiger partial charge on any atom is 0.317 e. The van der Waals surface area contributed by atoms with Crippen molar-refractivity contribution in [3.8, 4) is 0 Å². The van der Waals surface area contributed by atoms with E-state index in [-0.39, 0.29) is 24.4 Å². The molecule has 1 aromatic carbocycles. The zero-order valence-electron chi connectivity index (χ0n) is 16.7. The molecule has 29 heavy (non-hydrogen) atoms. The van der Waals surface area contributed by atoms with Gasteiger partial charge in [-0.25, -0.2) is 4.79 Å². The molecule has 10 heteroatoms. The van der Waals surface area contributed by atoms with E-state index in [4.69, 9.17) is 27.7 Å². The van der Waals surface area contributed by atoms with Crippen LogP contribution >= 0.6 is 23.2 Å². The summed E-state index contributed by atoms with van der Waals surface area (Å²) in [6.07, 6.45) is 1.21. The summed E-state index contributed by atoms with van der Waals surface area (Å²) in [5, 5.41) is 10.0. The number of hydrogen-bond donors (Lipinski definition) is 2. The number of hydrogen-bond acceptors (Lipinski definition) is 5. The van der Waals surface area contributed by atoms with Crippen molar-refractivity contribution in [3.63, 3.8) is 0 Å². The molecule has 0 fully saturated rings. The molecule has 2 N–H and O–H groups in total. The molecule has 0 atom stereocenters. The third-order valence-electron chi connectivity index (χ3n) is 4.07. The van der Waals surface area contributed by atoms with Crippen LogP contribution in [0, 0.1) is 0 Å². The molecule has 8 nitrogen and oxygen atoms in total. The molecule has 1 aromatic heterocycles. The van der Waals surface area contributed by atoms with E-state index in [0.29, 0.717) is 53.4 Å². The number of aryl methyl sites for hydroxylation is 1. The Balaban J connectivity index is 1.78. The average molecular weight is 442 g/mol. The topological polar surface area (TPSA) is 100 Å². The Bertz CT molecular complexity index is 821. The number of likely N-dealkylation sites (N-methyl/N-ethyl adjacent to an activating group) is 1. The third kappa shape index (κ3) is 6.90. The minimum atomic E-state index is -0.385. The molecule has 0 radical (unpaired) electrons. The lowest BCUT2D eigenvalue weighted by atomic mass is 10.2. The van der Waals surface area contributed by atoms with Crippen LogP contribution in [0.2, 0.25) is 10.0 Å². The second kappa shape index (κ2) is 11.0. The number of amides is 3. The van der Waals surface area contributed by atoms with E-state index < -0.39 is 0 Å². The van der Waals surface area contributed by atoms with Gasteiger partial charge in [-0.1, -0.05) is 48.3 Å². The molecule has 158 valence electrons. The van der Waals surface area contributed by atoms with Crippen LogP contribution in [0.15, 0.2) is 22.7 Å². The van der Waals surface area contributed by atoms with Crippen molar-refractivity contribution in [1.82, 2.24) is 20.4 Å². The summed E-state index contributed by atoms with van der Waals surface area (Å²) in [4.78, 5) is 30.3. The smallest absolute Gasteiger partial charge is 0.317 e. The number of nitrogens with one attached hydrogen (secondary N) is 2. The molecule has 0 bridgehead atoms. The lowest BCUT2D eigenvalue weighted by molar-refractivity contribution is -0.116. The van der Waals surface area contributed by atoms with Crippen molar-refractivity contribution in [1.29, 1.82) is 0 Å². The number of benzene rings is 1. The van der Waals surface area contributed by atoms with Gasteiger partial charge in [0.15, 0.2) is 5.82 Å². The summed E-state index contributed by atoms with van der Waals surface area (Å²) in [5.74, 6) is 1.04. The van der Waals surface area contributed by atoms with Crippen molar-refractivity contribution in [2.75, 3.05) is 25.0 Å². The molecule has 2 aromatic rings. The quantitative estimate of drug-likeness (QED) is 0.570. The molecular formula is C19H25Cl2N5O3. The van der Waals surface area contributed by atoms with E-state index in [1.165, 1.54) is 4.90 Å². The highest BCUT2D eigenvalue weighted by Crippen LogP contribution is 2.29. The number of anilines is 1. The second-order valence-electron chi connectivity index (χ2n) is 6.70. The number of rotatable bonds is 9. The Morgan fingerprint density at radius 2 is 1.93 bits per heavy atom. The van der Waals surface area contributed by atoms with Crippen LogP contribution in [0.25, 0.3) is 0 Å². The molecule has 0 saturated heterocycles. The van der Waals surface area contributed by atoms with E-state index in [1.807, 2.05) is 13.8 Å². The van der Waals surface area contributed by atoms with Crippen molar-refractivity contribution >= 4 is 40.8 Å². The van der Waals surface area contributed by atoms with E-state index in [2.05, 4.69) is 20.8 Å². The lowest BCUT2D eigenvalue weighted by Crippen LogP contribution is -2.44. The molecule has 2 rings (SSSR count). The van der Waals surface area contributed by atoms with Gasteiger partial charge in [0.2, 0.25) is 11.8 Å². The van der Waals surface area contributed by atoms with Gasteiger partial charge in [0.1, 0.15) is 6.54 Å². The van der Waals surface area contributed by atoms with Gasteiger partial charge in [-0.05, 0) is 25.5 Å². The van der Waals surface area contributed by atoms with Crippen LogP contribution in [0.5, 0.6) is 0 Å². The SMILES string of the molecule is CCN(CC(=O)Nc1c(Cl)cccc1Cl)C(=O)NCCCc1nc(C(C)C)no1. The fraction of sp³-hybridized carbons (Fsp3) is 0.474. The number of halogens is 2. The van der Waals surface area contributed by atoms with Gasteiger partial charge in [0.25, 0.3) is 0 Å². The van der Waals surface area contributed by atoms with Crippen LogP contribution in [0.3, 0.4) is 0 Å². The van der Waals surface area contributed by atoms with E-state index in [1.54, 1.807) is 25.1 Å². The average Bonchev–Trinajstić information content (AvgIpc) is 3.15. The predicted molar refractivity (Wildman–Crippen MR) is 112 cm³/mol. The molecule has 0 aliphatic heterocycles. The van der Waals surface area contributed by atoms with Crippen LogP contribution in [0.4, 0.5) is 10.5 Å². The molecule has 0 saturated carbocycles. The van der Waals surface area contributed by atoms with Gasteiger partial charge in [0, 0.05) is 25.4 Å². The number of urea groups is 1. The summed E-state index contributed by atoms with van der Waals surface area (Å²) in [7, 11) is 0. The summed E-state index contributed by atoms with van der Waals surface area (Å²) < 4.78 is 5.17. The van der Waals surface area contributed by atoms with Crippen molar-refractivity contribution < 1.29 is 14.1 Å². The minimum Gasteiger partial charge on any atom is -0.339 e. The second-order valence-corrected chi connectivity index (χ2v) is 7.51. The van der Waals surface area contributed by atoms with Crippen LogP contribution in [-0.2, 0) is 11.2 Å². The number of carbonyl (C=O) groups excluding carboxylic acids is 2. The first-order chi connectivity index (χ1) is 13.8. The van der Waals surface area contributed by atoms with Crippen molar-refractivity contribution in [3.05, 3.63) is 40.0 Å². The normalized spacial score (nSPS) is 10.8. The Morgan fingerprint density at radius 3 is 2.52 bits per heavy atom. The van der Waals surface area contributed by atoms with Gasteiger partial charge in [0.05, 0.1) is 15.7 Å². The van der Waals surface area contributed by atoms with Gasteiger partial charge in [-0.15, -0.1) is 0 Å². The molecular weight excluding hydrogens is 417 g/mol. The molecule has 3 amide bonds. The predicted octanol–water partition coefficient (Wildman–Crippen LogP) is 4.10. The summed E-state index contributed by atoms with van der Waals surface area (Å²) in [6.45, 7) is 6.45. The molecule has 0 aliphatic carbocycles. The van der Waals surface area contributed by atoms with Gasteiger partial charge < -0.3 is 20.1 Å². The van der Waals surface area contributed by atoms with Crippen molar-refractivity contribution in [2.45, 2.75) is 39.5 Å². The number of aromatic nitrogens is 2. The van der Waals surface area contributed by atoms with E-state index in [0.717, 1.165) is 0 Å². The Hall–Kier alpha value is -2.32. The van der Waals surface area contributed by atoms with Crippen LogP contribution in [0.1, 0.15) is 44.8 Å². The standard InChI is InChI=1S/C19H25Cl2N5O3/c1-4-26(11-15(27)23-17-13(20)7-5-8-14(17)21)19(28)22-10-6-9-16-24-18(12(2)3)25-29-16/h5,7-8,12H,4,6,9-11H2,1-3H3,(H,22,28)(H,23,27). The number of carbonyl (C=O) groups is 2. The maximum atomic E-state index is 12.3. The zero-order chi connectivity index (χ0) is 21.4. The van der Waals surface area contributed by atoms with E-state index in [9.17, 15) is 9.59 Å². The molecule has 1 heterocycles. The minimum absolute atomic E-state index is 0.120. The Labute approximate surface area is 179 Å². The molecule has 0 aliphatic rings. The molecule has 0 unspecified atom stereocenters. The Kier molecular flexibility index (Phi) is 8.72. The zero-order valence-corrected chi connectivity index (χ0v) is 18.2. The first kappa shape index (κ1) is 23.0. The molecule has 0 spiro atoms. The number of para-hydroxylation sites is 1. The highest BCUT2D eigenvalue weighted by atomic mass is 35.5. The summed E-state index contributed by atoms with van der Waals surface area (Å²) >= 11 is 12.1.